The number of azo groups is 1. The van der Waals surface area contributed by atoms with Gasteiger partial charge in [0.05, 0.1) is 12.0 Å². The Labute approximate surface area is 154 Å². The second-order valence-electron chi connectivity index (χ2n) is 5.45. The highest BCUT2D eigenvalue weighted by Crippen LogP contribution is 2.39. The molecule has 3 aromatic rings. The Kier molecular flexibility index (Phi) is 5.69. The molecule has 0 aliphatic rings. The number of nitrogens with zero attached hydrogens (tertiary/aromatic N) is 2. The molecule has 0 unspecified atom stereocenters. The van der Waals surface area contributed by atoms with E-state index in [4.69, 9.17) is 4.33 Å². The first kappa shape index (κ1) is 18.2. The van der Waals surface area contributed by atoms with Crippen LogP contribution in [-0.2, 0) is 9.32 Å². The van der Waals surface area contributed by atoms with E-state index in [1.54, 1.807) is 31.3 Å². The maximum atomic E-state index is 10.2. The van der Waals surface area contributed by atoms with Gasteiger partial charge < -0.3 is 10.2 Å². The summed E-state index contributed by atoms with van der Waals surface area (Å²) in [4.78, 5) is 5.38. The SMILES string of the molecule is CNOOSc1ccc2ccc(O)c(N=Nc3ccc(C)cc3O)c2c1. The topological polar surface area (TPSA) is 95.7 Å². The zero-order chi connectivity index (χ0) is 18.5. The molecule has 8 heteroatoms. The number of hydrogen-bond acceptors (Lipinski definition) is 8. The zero-order valence-electron chi connectivity index (χ0n) is 14.1. The van der Waals surface area contributed by atoms with Crippen LogP contribution in [0.3, 0.4) is 0 Å². The predicted molar refractivity (Wildman–Crippen MR) is 99.7 cm³/mol. The van der Waals surface area contributed by atoms with Crippen molar-refractivity contribution in [1.82, 2.24) is 5.48 Å². The molecule has 3 N–H and O–H groups in total. The summed E-state index contributed by atoms with van der Waals surface area (Å²) < 4.78 is 4.90. The Bertz CT molecular complexity index is 963. The highest BCUT2D eigenvalue weighted by Gasteiger charge is 2.09. The summed E-state index contributed by atoms with van der Waals surface area (Å²) in [7, 11) is 1.58. The minimum atomic E-state index is -0.0117. The maximum absolute atomic E-state index is 10.2. The van der Waals surface area contributed by atoms with Crippen LogP contribution in [0.15, 0.2) is 63.7 Å². The molecule has 3 rings (SSSR count). The molecule has 3 aromatic carbocycles. The second kappa shape index (κ2) is 8.15. The molecular formula is C18H17N3O4S. The number of nitrogens with one attached hydrogen (secondary N) is 1. The first-order chi connectivity index (χ1) is 12.6. The third-order valence-corrected chi connectivity index (χ3v) is 4.16. The molecule has 0 spiro atoms. The van der Waals surface area contributed by atoms with Gasteiger partial charge in [0.15, 0.2) is 0 Å². The molecule has 26 heavy (non-hydrogen) atoms. The Morgan fingerprint density at radius 2 is 1.77 bits per heavy atom. The number of phenols is 2. The predicted octanol–water partition coefficient (Wildman–Crippen LogP) is 5.06. The van der Waals surface area contributed by atoms with E-state index < -0.39 is 0 Å². The number of phenolic OH excluding ortho intramolecular Hbond substituents is 2. The first-order valence-corrected chi connectivity index (χ1v) is 8.46. The van der Waals surface area contributed by atoms with Crippen molar-refractivity contribution >= 4 is 34.2 Å². The minimum Gasteiger partial charge on any atom is -0.506 e. The monoisotopic (exact) mass is 371 g/mol. The summed E-state index contributed by atoms with van der Waals surface area (Å²) in [6.07, 6.45) is 0. The summed E-state index contributed by atoms with van der Waals surface area (Å²) in [6.45, 7) is 1.87. The van der Waals surface area contributed by atoms with Gasteiger partial charge in [-0.05, 0) is 48.2 Å². The number of benzene rings is 3. The lowest BCUT2D eigenvalue weighted by Crippen LogP contribution is -2.03. The zero-order valence-corrected chi connectivity index (χ0v) is 14.9. The van der Waals surface area contributed by atoms with Crippen LogP contribution >= 0.6 is 12.0 Å². The Morgan fingerprint density at radius 1 is 0.962 bits per heavy atom. The summed E-state index contributed by atoms with van der Waals surface area (Å²) in [5.74, 6) is 0.0183. The van der Waals surface area contributed by atoms with Crippen LogP contribution in [0.2, 0.25) is 0 Å². The quantitative estimate of drug-likeness (QED) is 0.184. The van der Waals surface area contributed by atoms with Gasteiger partial charge in [0, 0.05) is 17.3 Å². The molecule has 0 bridgehead atoms. The normalized spacial score (nSPS) is 11.5. The van der Waals surface area contributed by atoms with Crippen molar-refractivity contribution in [2.75, 3.05) is 7.05 Å². The van der Waals surface area contributed by atoms with Crippen LogP contribution in [0.5, 0.6) is 11.5 Å². The lowest BCUT2D eigenvalue weighted by molar-refractivity contribution is -0.237. The minimum absolute atomic E-state index is 0.0117. The highest BCUT2D eigenvalue weighted by molar-refractivity contribution is 7.94. The second-order valence-corrected chi connectivity index (χ2v) is 6.22. The van der Waals surface area contributed by atoms with Crippen molar-refractivity contribution in [3.63, 3.8) is 0 Å². The summed E-state index contributed by atoms with van der Waals surface area (Å²) >= 11 is 1.01. The van der Waals surface area contributed by atoms with Crippen LogP contribution in [0.1, 0.15) is 5.56 Å². The number of rotatable bonds is 6. The molecule has 0 aromatic heterocycles. The van der Waals surface area contributed by atoms with Gasteiger partial charge >= 0.3 is 0 Å². The average molecular weight is 371 g/mol. The van der Waals surface area contributed by atoms with Crippen molar-refractivity contribution in [2.45, 2.75) is 11.8 Å². The molecule has 0 saturated heterocycles. The average Bonchev–Trinajstić information content (AvgIpc) is 2.62. The van der Waals surface area contributed by atoms with E-state index in [1.165, 1.54) is 0 Å². The van der Waals surface area contributed by atoms with E-state index in [-0.39, 0.29) is 11.5 Å². The Hall–Kier alpha value is -2.65. The number of aromatic hydroxyl groups is 2. The third kappa shape index (κ3) is 4.12. The molecule has 0 saturated carbocycles. The van der Waals surface area contributed by atoms with Crippen molar-refractivity contribution in [3.8, 4) is 11.5 Å². The van der Waals surface area contributed by atoms with Gasteiger partial charge in [-0.15, -0.1) is 19.6 Å². The molecule has 0 radical (unpaired) electrons. The molecule has 134 valence electrons. The lowest BCUT2D eigenvalue weighted by Gasteiger charge is -2.07. The molecule has 0 amide bonds. The van der Waals surface area contributed by atoms with Gasteiger partial charge in [0.2, 0.25) is 0 Å². The highest BCUT2D eigenvalue weighted by atomic mass is 32.2. The van der Waals surface area contributed by atoms with E-state index in [2.05, 4.69) is 20.7 Å². The molecule has 0 aliphatic carbocycles. The van der Waals surface area contributed by atoms with E-state index in [9.17, 15) is 10.2 Å². The first-order valence-electron chi connectivity index (χ1n) is 7.72. The van der Waals surface area contributed by atoms with Crippen molar-refractivity contribution < 1.29 is 19.5 Å². The number of aryl methyl sites for hydroxylation is 1. The summed E-state index contributed by atoms with van der Waals surface area (Å²) in [6, 6.07) is 14.0. The fourth-order valence-corrected chi connectivity index (χ4v) is 2.81. The largest absolute Gasteiger partial charge is 0.506 e. The van der Waals surface area contributed by atoms with Crippen LogP contribution in [-0.4, -0.2) is 17.3 Å². The van der Waals surface area contributed by atoms with Crippen LogP contribution in [0.4, 0.5) is 11.4 Å². The van der Waals surface area contributed by atoms with Gasteiger partial charge in [0.25, 0.3) is 0 Å². The maximum Gasteiger partial charge on any atom is 0.143 e. The fourth-order valence-electron chi connectivity index (χ4n) is 2.34. The summed E-state index contributed by atoms with van der Waals surface area (Å²) in [5.41, 5.74) is 3.95. The third-order valence-electron chi connectivity index (χ3n) is 3.58. The van der Waals surface area contributed by atoms with Gasteiger partial charge in [-0.2, -0.15) is 5.48 Å². The smallest absolute Gasteiger partial charge is 0.143 e. The standard InChI is InChI=1S/C18H17N3O4S/c1-11-3-7-15(17(23)9-11)20-21-18-14-10-13(26-25-24-19-2)6-4-12(14)5-8-16(18)22/h3-10,19,22-23H,1-2H3. The van der Waals surface area contributed by atoms with Crippen molar-refractivity contribution in [2.24, 2.45) is 10.2 Å². The number of fused-ring (bicyclic) bond motifs is 1. The van der Waals surface area contributed by atoms with Crippen LogP contribution in [0, 0.1) is 6.92 Å². The molecule has 0 atom stereocenters. The van der Waals surface area contributed by atoms with Gasteiger partial charge in [-0.1, -0.05) is 18.2 Å². The molecule has 0 heterocycles. The number of hydroxylamine groups is 1. The van der Waals surface area contributed by atoms with E-state index >= 15 is 0 Å². The van der Waals surface area contributed by atoms with Gasteiger partial charge in [-0.25, -0.2) is 0 Å². The van der Waals surface area contributed by atoms with E-state index in [0.29, 0.717) is 16.8 Å². The van der Waals surface area contributed by atoms with Gasteiger partial charge in [0.1, 0.15) is 22.9 Å². The number of hydrogen-bond donors (Lipinski definition) is 3. The van der Waals surface area contributed by atoms with Crippen molar-refractivity contribution in [1.29, 1.82) is 0 Å². The lowest BCUT2D eigenvalue weighted by atomic mass is 10.1. The Balaban J connectivity index is 1.98. The van der Waals surface area contributed by atoms with E-state index in [1.807, 2.05) is 31.2 Å². The Morgan fingerprint density at radius 3 is 2.54 bits per heavy atom. The van der Waals surface area contributed by atoms with Gasteiger partial charge in [-0.3, -0.25) is 0 Å². The summed E-state index contributed by atoms with van der Waals surface area (Å²) in [5, 5.41) is 30.0. The van der Waals surface area contributed by atoms with Crippen LogP contribution in [0.25, 0.3) is 10.8 Å². The molecule has 0 aliphatic heterocycles. The van der Waals surface area contributed by atoms with Crippen LogP contribution < -0.4 is 5.48 Å². The van der Waals surface area contributed by atoms with Crippen molar-refractivity contribution in [3.05, 3.63) is 54.1 Å². The van der Waals surface area contributed by atoms with E-state index in [0.717, 1.165) is 27.9 Å². The molecule has 7 nitrogen and oxygen atoms in total. The fraction of sp³-hybridized carbons (Fsp3) is 0.111. The molecule has 0 fully saturated rings. The molecular weight excluding hydrogens is 354 g/mol.